The molecule has 0 radical (unpaired) electrons. The molecule has 224 valence electrons. The summed E-state index contributed by atoms with van der Waals surface area (Å²) in [7, 11) is 0. The molecule has 4 aliphatic carbocycles. The fourth-order valence-corrected chi connectivity index (χ4v) is 9.80. The third-order valence-corrected chi connectivity index (χ3v) is 12.0. The van der Waals surface area contributed by atoms with E-state index >= 15 is 0 Å². The van der Waals surface area contributed by atoms with Crippen LogP contribution in [0.25, 0.3) is 0 Å². The number of benzene rings is 1. The Balaban J connectivity index is 1.20. The van der Waals surface area contributed by atoms with E-state index in [1.165, 1.54) is 0 Å². The highest BCUT2D eigenvalue weighted by molar-refractivity contribution is 7.78. The van der Waals surface area contributed by atoms with Gasteiger partial charge >= 0.3 is 5.97 Å². The van der Waals surface area contributed by atoms with Crippen LogP contribution in [0.3, 0.4) is 0 Å². The van der Waals surface area contributed by atoms with Crippen molar-refractivity contribution in [3.8, 4) is 0 Å². The molecule has 0 heterocycles. The van der Waals surface area contributed by atoms with Crippen molar-refractivity contribution in [2.45, 2.75) is 96.9 Å². The number of carbonyl (C=O) groups excluding carboxylic acids is 2. The number of carbonyl (C=O) groups is 2. The molecule has 8 nitrogen and oxygen atoms in total. The first-order valence-electron chi connectivity index (χ1n) is 15.2. The van der Waals surface area contributed by atoms with Crippen LogP contribution < -0.4 is 5.48 Å². The molecule has 1 aromatic rings. The van der Waals surface area contributed by atoms with Gasteiger partial charge in [0.2, 0.25) is 0 Å². The number of aliphatic hydroxyl groups excluding tert-OH is 3. The van der Waals surface area contributed by atoms with Crippen LogP contribution in [-0.2, 0) is 9.63 Å². The molecule has 4 fully saturated rings. The van der Waals surface area contributed by atoms with Gasteiger partial charge in [-0.1, -0.05) is 32.9 Å². The molecule has 0 unspecified atom stereocenters. The van der Waals surface area contributed by atoms with Gasteiger partial charge in [0.15, 0.2) is 0 Å². The molecule has 5 rings (SSSR count). The van der Waals surface area contributed by atoms with E-state index in [1.807, 2.05) is 0 Å². The first-order chi connectivity index (χ1) is 19.5. The van der Waals surface area contributed by atoms with Crippen molar-refractivity contribution in [3.05, 3.63) is 29.8 Å². The Kier molecular flexibility index (Phi) is 8.76. The van der Waals surface area contributed by atoms with Gasteiger partial charge in [-0.2, -0.15) is 10.5 Å². The molecule has 4 aliphatic rings. The lowest BCUT2D eigenvalue weighted by Crippen LogP contribution is -2.62. The Hall–Kier alpha value is -2.16. The predicted molar refractivity (Wildman–Crippen MR) is 157 cm³/mol. The number of fused-ring (bicyclic) bond motifs is 5. The average Bonchev–Trinajstić information content (AvgIpc) is 3.31. The minimum Gasteiger partial charge on any atom is -0.393 e. The molecule has 1 aromatic carbocycles. The summed E-state index contributed by atoms with van der Waals surface area (Å²) in [6, 6.07) is 6.60. The summed E-state index contributed by atoms with van der Waals surface area (Å²) in [4.78, 5) is 34.1. The third kappa shape index (κ3) is 5.40. The Morgan fingerprint density at radius 1 is 1.12 bits per heavy atom. The Morgan fingerprint density at radius 3 is 2.63 bits per heavy atom. The van der Waals surface area contributed by atoms with Gasteiger partial charge in [0.25, 0.3) is 5.91 Å². The average molecular weight is 585 g/mol. The van der Waals surface area contributed by atoms with E-state index in [4.69, 9.17) is 4.84 Å². The number of nitrogens with zero attached hydrogens (tertiary/aromatic N) is 1. The molecule has 11 atom stereocenters. The van der Waals surface area contributed by atoms with Gasteiger partial charge in [-0.15, -0.1) is 0 Å². The maximum atomic E-state index is 12.6. The predicted octanol–water partition coefficient (Wildman–Crippen LogP) is 4.99. The van der Waals surface area contributed by atoms with Gasteiger partial charge in [-0.3, -0.25) is 4.79 Å². The number of amides is 1. The largest absolute Gasteiger partial charge is 0.393 e. The third-order valence-electron chi connectivity index (χ3n) is 11.9. The molecular weight excluding hydrogens is 540 g/mol. The summed E-state index contributed by atoms with van der Waals surface area (Å²) in [6.07, 6.45) is 5.39. The van der Waals surface area contributed by atoms with E-state index in [0.717, 1.165) is 38.5 Å². The summed E-state index contributed by atoms with van der Waals surface area (Å²) < 4.78 is 0. The number of rotatable bonds is 6. The number of aliphatic imine (C=N–C) groups is 1. The smallest absolute Gasteiger partial charge is 0.332 e. The zero-order valence-electron chi connectivity index (χ0n) is 24.3. The number of thiocarbonyl (C=S) groups is 1. The summed E-state index contributed by atoms with van der Waals surface area (Å²) in [5, 5.41) is 35.8. The number of isothiocyanates is 1. The molecule has 4 N–H and O–H groups in total. The van der Waals surface area contributed by atoms with Crippen LogP contribution in [0.4, 0.5) is 5.69 Å². The van der Waals surface area contributed by atoms with Crippen LogP contribution in [0.2, 0.25) is 0 Å². The first-order valence-corrected chi connectivity index (χ1v) is 15.6. The number of hydrogen-bond acceptors (Lipinski definition) is 8. The molecule has 0 aliphatic heterocycles. The lowest BCUT2D eigenvalue weighted by atomic mass is 9.43. The minimum absolute atomic E-state index is 0.0415. The van der Waals surface area contributed by atoms with E-state index < -0.39 is 24.1 Å². The summed E-state index contributed by atoms with van der Waals surface area (Å²) in [5.41, 5.74) is 2.51. The molecule has 9 heteroatoms. The number of para-hydroxylation sites is 1. The van der Waals surface area contributed by atoms with Crippen LogP contribution in [0.1, 0.15) is 88.9 Å². The fourth-order valence-electron chi connectivity index (χ4n) is 9.70. The first kappa shape index (κ1) is 30.3. The maximum absolute atomic E-state index is 12.6. The monoisotopic (exact) mass is 584 g/mol. The van der Waals surface area contributed by atoms with Crippen molar-refractivity contribution >= 4 is 34.9 Å². The molecule has 0 bridgehead atoms. The number of hydrogen-bond donors (Lipinski definition) is 4. The van der Waals surface area contributed by atoms with Gasteiger partial charge in [0, 0.05) is 6.42 Å². The van der Waals surface area contributed by atoms with Crippen LogP contribution in [0.15, 0.2) is 29.3 Å². The van der Waals surface area contributed by atoms with Crippen LogP contribution in [-0.4, -0.2) is 50.7 Å². The molecule has 0 saturated heterocycles. The van der Waals surface area contributed by atoms with E-state index in [-0.39, 0.29) is 58.5 Å². The van der Waals surface area contributed by atoms with Crippen molar-refractivity contribution < 1.29 is 29.7 Å². The van der Waals surface area contributed by atoms with Crippen molar-refractivity contribution in [2.24, 2.45) is 51.3 Å². The summed E-state index contributed by atoms with van der Waals surface area (Å²) in [5.74, 6) is 0.198. The zero-order chi connectivity index (χ0) is 29.5. The van der Waals surface area contributed by atoms with Gasteiger partial charge < -0.3 is 20.2 Å². The standard InChI is InChI=1S/C32H44N2O6S/c1-18(8-11-28(38)40-34-30(39)21-6-4-5-7-25(21)33-17-41)22-9-10-23-29-24(16-27(37)32(22,23)3)31(2)13-12-20(35)14-19(31)15-26(29)36/h4-7,18-20,22-24,26-27,29,35-37H,8-16H2,1-3H3,(H,34,39)/t18-,19+,20-,22-,23+,24+,26-,27+,29+,31+,32-/m1/s1. The fraction of sp³-hybridized carbons (Fsp3) is 0.719. The Morgan fingerprint density at radius 2 is 1.88 bits per heavy atom. The molecule has 0 aromatic heterocycles. The van der Waals surface area contributed by atoms with E-state index in [2.05, 4.69) is 48.6 Å². The van der Waals surface area contributed by atoms with Crippen molar-refractivity contribution in [1.29, 1.82) is 0 Å². The SMILES string of the molecule is C[C@H](CCC(=O)ONC(=O)c1ccccc1N=C=S)[C@H]1CC[C@H]2[C@@H]3[C@H](O)C[C@@H]4C[C@H](O)CC[C@]4(C)[C@H]3C[C@H](O)[C@]12C. The molecule has 0 spiro atoms. The zero-order valence-corrected chi connectivity index (χ0v) is 25.1. The van der Waals surface area contributed by atoms with E-state index in [0.29, 0.717) is 24.4 Å². The van der Waals surface area contributed by atoms with Crippen molar-refractivity contribution in [2.75, 3.05) is 0 Å². The lowest BCUT2D eigenvalue weighted by Gasteiger charge is -2.63. The van der Waals surface area contributed by atoms with Crippen molar-refractivity contribution in [3.63, 3.8) is 0 Å². The maximum Gasteiger partial charge on any atom is 0.332 e. The van der Waals surface area contributed by atoms with Gasteiger partial charge in [0.05, 0.1) is 34.7 Å². The molecule has 41 heavy (non-hydrogen) atoms. The normalized spacial score (nSPS) is 40.2. The van der Waals surface area contributed by atoms with Crippen molar-refractivity contribution in [1.82, 2.24) is 5.48 Å². The summed E-state index contributed by atoms with van der Waals surface area (Å²) in [6.45, 7) is 6.68. The Labute approximate surface area is 247 Å². The highest BCUT2D eigenvalue weighted by Crippen LogP contribution is 2.68. The molecule has 4 saturated carbocycles. The van der Waals surface area contributed by atoms with Crippen LogP contribution in [0.5, 0.6) is 0 Å². The van der Waals surface area contributed by atoms with Gasteiger partial charge in [-0.25, -0.2) is 4.79 Å². The van der Waals surface area contributed by atoms with Crippen LogP contribution in [0, 0.1) is 46.3 Å². The second-order valence-electron chi connectivity index (χ2n) is 13.7. The number of nitrogens with one attached hydrogen (secondary N) is 1. The highest BCUT2D eigenvalue weighted by Gasteiger charge is 2.65. The van der Waals surface area contributed by atoms with E-state index in [9.17, 15) is 24.9 Å². The number of hydroxylamine groups is 1. The number of aliphatic hydroxyl groups is 3. The lowest BCUT2D eigenvalue weighted by molar-refractivity contribution is -0.207. The Bertz CT molecular complexity index is 1200. The highest BCUT2D eigenvalue weighted by atomic mass is 32.1. The molecule has 1 amide bonds. The quantitative estimate of drug-likeness (QED) is 0.211. The second-order valence-corrected chi connectivity index (χ2v) is 13.8. The van der Waals surface area contributed by atoms with Gasteiger partial charge in [0.1, 0.15) is 0 Å². The molecular formula is C32H44N2O6S. The topological polar surface area (TPSA) is 128 Å². The van der Waals surface area contributed by atoms with E-state index in [1.54, 1.807) is 24.3 Å². The second kappa shape index (κ2) is 11.8. The minimum atomic E-state index is -0.587. The van der Waals surface area contributed by atoms with Crippen LogP contribution >= 0.6 is 12.2 Å². The summed E-state index contributed by atoms with van der Waals surface area (Å²) >= 11 is 4.64. The van der Waals surface area contributed by atoms with Gasteiger partial charge in [-0.05, 0) is 122 Å².